The van der Waals surface area contributed by atoms with Crippen LogP contribution in [0.1, 0.15) is 12.8 Å². The summed E-state index contributed by atoms with van der Waals surface area (Å²) in [6.07, 6.45) is 3.13. The molecule has 1 amide bonds. The van der Waals surface area contributed by atoms with Crippen LogP contribution in [-0.2, 0) is 4.79 Å². The summed E-state index contributed by atoms with van der Waals surface area (Å²) >= 11 is 0. The summed E-state index contributed by atoms with van der Waals surface area (Å²) < 4.78 is 0. The van der Waals surface area contributed by atoms with Crippen LogP contribution in [0.4, 0.5) is 5.69 Å². The molecule has 1 aliphatic heterocycles. The molecule has 0 spiro atoms. The molecule has 1 aromatic carbocycles. The quantitative estimate of drug-likeness (QED) is 0.730. The van der Waals surface area contributed by atoms with Crippen LogP contribution in [0.2, 0.25) is 0 Å². The minimum atomic E-state index is 0.176. The molecular weight excluding hydrogens is 176 g/mol. The Morgan fingerprint density at radius 2 is 2.14 bits per heavy atom. The molecule has 1 aromatic rings. The molecule has 2 rings (SSSR count). The van der Waals surface area contributed by atoms with Gasteiger partial charge in [-0.25, -0.2) is 0 Å². The second-order valence-electron chi connectivity index (χ2n) is 3.47. The third-order valence-electron chi connectivity index (χ3n) is 2.60. The number of hydrogen-bond donors (Lipinski definition) is 1. The second-order valence-corrected chi connectivity index (χ2v) is 3.47. The van der Waals surface area contributed by atoms with Crippen LogP contribution in [0.25, 0.3) is 0 Å². The van der Waals surface area contributed by atoms with Gasteiger partial charge in [0.05, 0.1) is 0 Å². The lowest BCUT2D eigenvalue weighted by Gasteiger charge is -2.25. The lowest BCUT2D eigenvalue weighted by atomic mass is 10.3. The van der Waals surface area contributed by atoms with Crippen molar-refractivity contribution >= 4 is 12.1 Å². The number of carbonyl (C=O) groups is 1. The number of nitrogens with zero attached hydrogens (tertiary/aromatic N) is 1. The maximum absolute atomic E-state index is 10.4. The molecule has 0 aliphatic carbocycles. The van der Waals surface area contributed by atoms with Gasteiger partial charge in [0.15, 0.2) is 0 Å². The highest BCUT2D eigenvalue weighted by atomic mass is 16.1. The molecule has 3 heteroatoms. The Labute approximate surface area is 83.7 Å². The highest BCUT2D eigenvalue weighted by molar-refractivity contribution is 5.52. The van der Waals surface area contributed by atoms with E-state index < -0.39 is 0 Å². The van der Waals surface area contributed by atoms with E-state index in [9.17, 15) is 4.79 Å². The van der Waals surface area contributed by atoms with Gasteiger partial charge in [-0.15, -0.1) is 0 Å². The fourth-order valence-electron chi connectivity index (χ4n) is 1.95. The average molecular weight is 190 g/mol. The highest BCUT2D eigenvalue weighted by Crippen LogP contribution is 2.23. The van der Waals surface area contributed by atoms with E-state index in [1.807, 2.05) is 18.2 Å². The van der Waals surface area contributed by atoms with Gasteiger partial charge in [0.2, 0.25) is 6.41 Å². The number of rotatable bonds is 3. The Kier molecular flexibility index (Phi) is 2.68. The first kappa shape index (κ1) is 9.06. The monoisotopic (exact) mass is 190 g/mol. The first-order valence-corrected chi connectivity index (χ1v) is 4.93. The van der Waals surface area contributed by atoms with Crippen LogP contribution < -0.4 is 10.2 Å². The third kappa shape index (κ3) is 1.71. The van der Waals surface area contributed by atoms with Crippen molar-refractivity contribution < 1.29 is 4.79 Å². The van der Waals surface area contributed by atoms with E-state index in [0.29, 0.717) is 0 Å². The van der Waals surface area contributed by atoms with E-state index in [1.54, 1.807) is 0 Å². The Bertz CT molecular complexity index is 299. The van der Waals surface area contributed by atoms with Gasteiger partial charge >= 0.3 is 0 Å². The Balaban J connectivity index is 2.13. The Hall–Kier alpha value is -1.51. The molecule has 74 valence electrons. The molecule has 0 saturated carbocycles. The maximum atomic E-state index is 10.4. The molecule has 1 N–H and O–H groups in total. The van der Waals surface area contributed by atoms with Gasteiger partial charge in [-0.1, -0.05) is 18.2 Å². The smallest absolute Gasteiger partial charge is 0.208 e. The molecule has 14 heavy (non-hydrogen) atoms. The van der Waals surface area contributed by atoms with Crippen molar-refractivity contribution in [3.05, 3.63) is 30.3 Å². The molecule has 0 bridgehead atoms. The third-order valence-corrected chi connectivity index (χ3v) is 2.60. The van der Waals surface area contributed by atoms with Gasteiger partial charge in [0.25, 0.3) is 0 Å². The van der Waals surface area contributed by atoms with Crippen LogP contribution in [0, 0.1) is 0 Å². The summed E-state index contributed by atoms with van der Waals surface area (Å²) in [6, 6.07) is 10.2. The van der Waals surface area contributed by atoms with Crippen molar-refractivity contribution in [2.45, 2.75) is 19.0 Å². The number of anilines is 1. The molecule has 1 atom stereocenters. The van der Waals surface area contributed by atoms with Gasteiger partial charge in [-0.05, 0) is 25.0 Å². The number of nitrogens with one attached hydrogen (secondary N) is 1. The van der Waals surface area contributed by atoms with Crippen LogP contribution in [-0.4, -0.2) is 19.1 Å². The van der Waals surface area contributed by atoms with E-state index in [1.165, 1.54) is 5.69 Å². The van der Waals surface area contributed by atoms with Crippen LogP contribution >= 0.6 is 0 Å². The van der Waals surface area contributed by atoms with Crippen LogP contribution in [0.5, 0.6) is 0 Å². The molecule has 1 heterocycles. The summed E-state index contributed by atoms with van der Waals surface area (Å²) in [6.45, 7) is 1.02. The predicted molar refractivity (Wildman–Crippen MR) is 56.0 cm³/mol. The van der Waals surface area contributed by atoms with Crippen LogP contribution in [0.3, 0.4) is 0 Å². The van der Waals surface area contributed by atoms with Crippen molar-refractivity contribution in [2.24, 2.45) is 0 Å². The first-order valence-electron chi connectivity index (χ1n) is 4.93. The largest absolute Gasteiger partial charge is 0.351 e. The van der Waals surface area contributed by atoms with Gasteiger partial charge in [0, 0.05) is 12.2 Å². The summed E-state index contributed by atoms with van der Waals surface area (Å²) in [5, 5.41) is 2.84. The number of benzene rings is 1. The molecule has 0 radical (unpaired) electrons. The van der Waals surface area contributed by atoms with Crippen molar-refractivity contribution in [3.8, 4) is 0 Å². The van der Waals surface area contributed by atoms with Gasteiger partial charge in [-0.3, -0.25) is 4.79 Å². The average Bonchev–Trinajstić information content (AvgIpc) is 2.68. The SMILES string of the molecule is O=CNC1CCCN1c1ccccc1. The highest BCUT2D eigenvalue weighted by Gasteiger charge is 2.23. The van der Waals surface area contributed by atoms with E-state index in [4.69, 9.17) is 0 Å². The molecular formula is C11H14N2O. The first-order chi connectivity index (χ1) is 6.92. The molecule has 0 aromatic heterocycles. The molecule has 1 aliphatic rings. The topological polar surface area (TPSA) is 32.3 Å². The number of para-hydroxylation sites is 1. The number of hydrogen-bond acceptors (Lipinski definition) is 2. The fraction of sp³-hybridized carbons (Fsp3) is 0.364. The molecule has 3 nitrogen and oxygen atoms in total. The van der Waals surface area contributed by atoms with E-state index >= 15 is 0 Å². The van der Waals surface area contributed by atoms with Crippen molar-refractivity contribution in [1.82, 2.24) is 5.32 Å². The lowest BCUT2D eigenvalue weighted by Crippen LogP contribution is -2.40. The maximum Gasteiger partial charge on any atom is 0.208 e. The molecule has 1 fully saturated rings. The zero-order valence-electron chi connectivity index (χ0n) is 8.02. The normalized spacial score (nSPS) is 20.9. The predicted octanol–water partition coefficient (Wildman–Crippen LogP) is 1.36. The summed E-state index contributed by atoms with van der Waals surface area (Å²) in [4.78, 5) is 12.6. The number of carbonyl (C=O) groups excluding carboxylic acids is 1. The Morgan fingerprint density at radius 3 is 2.86 bits per heavy atom. The summed E-state index contributed by atoms with van der Waals surface area (Å²) in [5.74, 6) is 0. The van der Waals surface area contributed by atoms with E-state index in [2.05, 4.69) is 22.3 Å². The van der Waals surface area contributed by atoms with E-state index in [0.717, 1.165) is 25.8 Å². The van der Waals surface area contributed by atoms with Crippen molar-refractivity contribution in [3.63, 3.8) is 0 Å². The lowest BCUT2D eigenvalue weighted by molar-refractivity contribution is -0.110. The minimum Gasteiger partial charge on any atom is -0.351 e. The van der Waals surface area contributed by atoms with E-state index in [-0.39, 0.29) is 6.17 Å². The number of amides is 1. The van der Waals surface area contributed by atoms with Gasteiger partial charge in [-0.2, -0.15) is 0 Å². The molecule has 1 saturated heterocycles. The molecule has 1 unspecified atom stereocenters. The summed E-state index contributed by atoms with van der Waals surface area (Å²) in [5.41, 5.74) is 1.18. The second kappa shape index (κ2) is 4.13. The minimum absolute atomic E-state index is 0.176. The van der Waals surface area contributed by atoms with Crippen LogP contribution in [0.15, 0.2) is 30.3 Å². The zero-order chi connectivity index (χ0) is 9.80. The summed E-state index contributed by atoms with van der Waals surface area (Å²) in [7, 11) is 0. The van der Waals surface area contributed by atoms with Crippen molar-refractivity contribution in [1.29, 1.82) is 0 Å². The Morgan fingerprint density at radius 1 is 1.36 bits per heavy atom. The zero-order valence-corrected chi connectivity index (χ0v) is 8.02. The van der Waals surface area contributed by atoms with Gasteiger partial charge in [0.1, 0.15) is 6.17 Å². The standard InChI is InChI=1S/C11H14N2O/c14-9-12-11-7-4-8-13(11)10-5-2-1-3-6-10/h1-3,5-6,9,11H,4,7-8H2,(H,12,14). The van der Waals surface area contributed by atoms with Gasteiger partial charge < -0.3 is 10.2 Å². The van der Waals surface area contributed by atoms with Crippen molar-refractivity contribution in [2.75, 3.05) is 11.4 Å². The fourth-order valence-corrected chi connectivity index (χ4v) is 1.95.